The van der Waals surface area contributed by atoms with Crippen LogP contribution < -0.4 is 0 Å². The second-order valence-electron chi connectivity index (χ2n) is 0.917. The van der Waals surface area contributed by atoms with Gasteiger partial charge in [-0.1, -0.05) is 22.9 Å². The third-order valence-electron chi connectivity index (χ3n) is 0.449. The van der Waals surface area contributed by atoms with Crippen molar-refractivity contribution in [2.24, 2.45) is 0 Å². The summed E-state index contributed by atoms with van der Waals surface area (Å²) in [6, 6.07) is 0. The molecule has 0 fully saturated rings. The maximum Gasteiger partial charge on any atom is 0.160 e. The first kappa shape index (κ1) is 5.54. The highest BCUT2D eigenvalue weighted by atomic mass is 79.9. The Morgan fingerprint density at radius 3 is 2.71 bits per heavy atom. The number of hydrogen-bond acceptors (Lipinski definition) is 2. The van der Waals surface area contributed by atoms with E-state index in [9.17, 15) is 0 Å². The van der Waals surface area contributed by atoms with Gasteiger partial charge in [-0.15, -0.1) is 0 Å². The average molecular weight is 198 g/mol. The Bertz CT molecular complexity index is 147. The van der Waals surface area contributed by atoms with Crippen LogP contribution in [-0.4, -0.2) is 4.98 Å². The van der Waals surface area contributed by atoms with Crippen LogP contribution in [0.3, 0.4) is 0 Å². The summed E-state index contributed by atoms with van der Waals surface area (Å²) in [6.45, 7) is 0. The van der Waals surface area contributed by atoms with E-state index in [1.54, 1.807) is 6.20 Å². The molecule has 1 aromatic heterocycles. The molecule has 1 aromatic rings. The van der Waals surface area contributed by atoms with Crippen LogP contribution in [0.5, 0.6) is 0 Å². The first-order valence-electron chi connectivity index (χ1n) is 1.56. The highest BCUT2D eigenvalue weighted by molar-refractivity contribution is 9.11. The summed E-state index contributed by atoms with van der Waals surface area (Å²) in [5.74, 6) is 0. The molecular weight excluding hydrogens is 197 g/mol. The molecule has 0 unspecified atom stereocenters. The lowest BCUT2D eigenvalue weighted by Gasteiger charge is -1.64. The number of rotatable bonds is 0. The standard InChI is InChI=1S/C3HBrClNS/c4-3-6-1-2(5)7-3/h1H. The van der Waals surface area contributed by atoms with Crippen LogP contribution >= 0.6 is 38.9 Å². The van der Waals surface area contributed by atoms with Gasteiger partial charge in [0.1, 0.15) is 4.34 Å². The molecule has 1 rings (SSSR count). The molecule has 0 saturated carbocycles. The summed E-state index contributed by atoms with van der Waals surface area (Å²) in [7, 11) is 0. The molecule has 4 heteroatoms. The van der Waals surface area contributed by atoms with Gasteiger partial charge in [-0.05, 0) is 15.9 Å². The summed E-state index contributed by atoms with van der Waals surface area (Å²) in [6.07, 6.45) is 1.61. The SMILES string of the molecule is Clc1cnc(Br)s1. The van der Waals surface area contributed by atoms with E-state index >= 15 is 0 Å². The molecule has 0 saturated heterocycles. The van der Waals surface area contributed by atoms with Gasteiger partial charge in [0.2, 0.25) is 0 Å². The zero-order chi connectivity index (χ0) is 5.28. The van der Waals surface area contributed by atoms with Crippen molar-refractivity contribution in [2.75, 3.05) is 0 Å². The van der Waals surface area contributed by atoms with Gasteiger partial charge in [0.15, 0.2) is 3.92 Å². The lowest BCUT2D eigenvalue weighted by atomic mass is 11.0. The van der Waals surface area contributed by atoms with E-state index in [4.69, 9.17) is 11.6 Å². The van der Waals surface area contributed by atoms with Gasteiger partial charge in [-0.25, -0.2) is 4.98 Å². The number of aromatic nitrogens is 1. The van der Waals surface area contributed by atoms with Crippen molar-refractivity contribution in [2.45, 2.75) is 0 Å². The maximum atomic E-state index is 5.49. The lowest BCUT2D eigenvalue weighted by molar-refractivity contribution is 1.38. The molecule has 0 aliphatic heterocycles. The van der Waals surface area contributed by atoms with E-state index in [1.165, 1.54) is 11.3 Å². The van der Waals surface area contributed by atoms with Crippen molar-refractivity contribution < 1.29 is 0 Å². The summed E-state index contributed by atoms with van der Waals surface area (Å²) in [5.41, 5.74) is 0. The Labute approximate surface area is 58.5 Å². The minimum atomic E-state index is 0.715. The van der Waals surface area contributed by atoms with E-state index in [2.05, 4.69) is 20.9 Å². The van der Waals surface area contributed by atoms with Gasteiger partial charge in [0, 0.05) is 0 Å². The summed E-state index contributed by atoms with van der Waals surface area (Å²) < 4.78 is 1.55. The minimum Gasteiger partial charge on any atom is -0.236 e. The highest BCUT2D eigenvalue weighted by Crippen LogP contribution is 2.22. The van der Waals surface area contributed by atoms with E-state index < -0.39 is 0 Å². The molecule has 0 radical (unpaired) electrons. The molecule has 0 amide bonds. The first-order chi connectivity index (χ1) is 3.29. The van der Waals surface area contributed by atoms with Crippen molar-refractivity contribution in [1.29, 1.82) is 0 Å². The Hall–Kier alpha value is 0.400. The fourth-order valence-electron chi connectivity index (χ4n) is 0.235. The number of halogens is 2. The predicted molar refractivity (Wildman–Crippen MR) is 34.8 cm³/mol. The Balaban J connectivity index is 3.04. The number of nitrogens with zero attached hydrogens (tertiary/aromatic N) is 1. The molecule has 1 heterocycles. The quantitative estimate of drug-likeness (QED) is 0.624. The van der Waals surface area contributed by atoms with Gasteiger partial charge < -0.3 is 0 Å². The van der Waals surface area contributed by atoms with Gasteiger partial charge in [0.25, 0.3) is 0 Å². The fourth-order valence-corrected chi connectivity index (χ4v) is 1.78. The summed E-state index contributed by atoms with van der Waals surface area (Å²) >= 11 is 10.1. The van der Waals surface area contributed by atoms with Crippen LogP contribution in [0.25, 0.3) is 0 Å². The van der Waals surface area contributed by atoms with Crippen LogP contribution in [-0.2, 0) is 0 Å². The third-order valence-corrected chi connectivity index (χ3v) is 2.04. The average Bonchev–Trinajstić information content (AvgIpc) is 1.87. The molecule has 0 atom stereocenters. The highest BCUT2D eigenvalue weighted by Gasteiger charge is 1.90. The molecule has 7 heavy (non-hydrogen) atoms. The monoisotopic (exact) mass is 197 g/mol. The van der Waals surface area contributed by atoms with Crippen molar-refractivity contribution in [1.82, 2.24) is 4.98 Å². The Morgan fingerprint density at radius 2 is 2.57 bits per heavy atom. The molecular formula is C3HBrClNS. The molecule has 38 valence electrons. The molecule has 0 aliphatic rings. The largest absolute Gasteiger partial charge is 0.236 e. The fraction of sp³-hybridized carbons (Fsp3) is 0. The van der Waals surface area contributed by atoms with E-state index in [0.29, 0.717) is 4.34 Å². The second-order valence-corrected chi connectivity index (χ2v) is 3.86. The molecule has 0 aromatic carbocycles. The van der Waals surface area contributed by atoms with Gasteiger partial charge in [0.05, 0.1) is 6.20 Å². The molecule has 1 nitrogen and oxygen atoms in total. The van der Waals surface area contributed by atoms with Crippen molar-refractivity contribution in [3.63, 3.8) is 0 Å². The summed E-state index contributed by atoms with van der Waals surface area (Å²) in [4.78, 5) is 3.82. The molecule has 0 N–H and O–H groups in total. The maximum absolute atomic E-state index is 5.49. The van der Waals surface area contributed by atoms with Crippen molar-refractivity contribution in [3.8, 4) is 0 Å². The topological polar surface area (TPSA) is 12.9 Å². The van der Waals surface area contributed by atoms with E-state index in [1.807, 2.05) is 0 Å². The van der Waals surface area contributed by atoms with Crippen molar-refractivity contribution >= 4 is 38.9 Å². The minimum absolute atomic E-state index is 0.715. The van der Waals surface area contributed by atoms with Gasteiger partial charge >= 0.3 is 0 Å². The lowest BCUT2D eigenvalue weighted by Crippen LogP contribution is -1.48. The Kier molecular flexibility index (Phi) is 1.67. The number of thiazole rings is 1. The van der Waals surface area contributed by atoms with Crippen LogP contribution in [0, 0.1) is 0 Å². The van der Waals surface area contributed by atoms with Crippen LogP contribution in [0.15, 0.2) is 10.1 Å². The van der Waals surface area contributed by atoms with Crippen LogP contribution in [0.4, 0.5) is 0 Å². The van der Waals surface area contributed by atoms with E-state index in [-0.39, 0.29) is 0 Å². The normalized spacial score (nSPS) is 9.43. The molecule has 0 spiro atoms. The second kappa shape index (κ2) is 2.11. The van der Waals surface area contributed by atoms with E-state index in [0.717, 1.165) is 3.92 Å². The first-order valence-corrected chi connectivity index (χ1v) is 3.54. The number of hydrogen-bond donors (Lipinski definition) is 0. The van der Waals surface area contributed by atoms with Crippen molar-refractivity contribution in [3.05, 3.63) is 14.5 Å². The third kappa shape index (κ3) is 1.40. The zero-order valence-corrected chi connectivity index (χ0v) is 6.35. The zero-order valence-electron chi connectivity index (χ0n) is 3.19. The molecule has 0 aliphatic carbocycles. The van der Waals surface area contributed by atoms with Crippen LogP contribution in [0.2, 0.25) is 4.34 Å². The predicted octanol–water partition coefficient (Wildman–Crippen LogP) is 2.56. The van der Waals surface area contributed by atoms with Gasteiger partial charge in [-0.3, -0.25) is 0 Å². The smallest absolute Gasteiger partial charge is 0.160 e. The molecule has 0 bridgehead atoms. The Morgan fingerprint density at radius 1 is 1.86 bits per heavy atom. The van der Waals surface area contributed by atoms with Gasteiger partial charge in [-0.2, -0.15) is 0 Å². The van der Waals surface area contributed by atoms with Crippen LogP contribution in [0.1, 0.15) is 0 Å². The summed E-state index contributed by atoms with van der Waals surface area (Å²) in [5, 5.41) is 0.